The summed E-state index contributed by atoms with van der Waals surface area (Å²) in [6, 6.07) is 16.2. The van der Waals surface area contributed by atoms with E-state index in [2.05, 4.69) is 51.7 Å². The number of fused-ring (bicyclic) bond motifs is 1. The van der Waals surface area contributed by atoms with Gasteiger partial charge in [0.1, 0.15) is 0 Å². The zero-order valence-electron chi connectivity index (χ0n) is 22.2. The normalized spacial score (nSPS) is 22.1. The Labute approximate surface area is 224 Å². The molecule has 3 N–H and O–H groups in total. The van der Waals surface area contributed by atoms with Crippen LogP contribution in [0.2, 0.25) is 0 Å². The van der Waals surface area contributed by atoms with Gasteiger partial charge in [-0.15, -0.1) is 0 Å². The molecule has 2 saturated heterocycles. The molecule has 2 amide bonds. The third kappa shape index (κ3) is 3.90. The molecule has 0 aliphatic carbocycles. The number of rotatable bonds is 3. The fraction of sp³-hybridized carbons (Fsp3) is 0.393. The minimum absolute atomic E-state index is 0.121. The number of nitrogens with one attached hydrogen (secondary N) is 1. The highest BCUT2D eigenvalue weighted by Gasteiger charge is 2.59. The van der Waals surface area contributed by atoms with Gasteiger partial charge in [0.25, 0.3) is 0 Å². The average Bonchev–Trinajstić information content (AvgIpc) is 3.13. The number of amides is 2. The Morgan fingerprint density at radius 1 is 1.08 bits per heavy atom. The molecule has 38 heavy (non-hydrogen) atoms. The second-order valence-corrected chi connectivity index (χ2v) is 13.4. The van der Waals surface area contributed by atoms with Crippen LogP contribution in [0.4, 0.5) is 10.5 Å². The largest absolute Gasteiger partial charge is 0.367 e. The number of urea groups is 1. The first kappa shape index (κ1) is 25.0. The van der Waals surface area contributed by atoms with Crippen molar-refractivity contribution in [3.05, 3.63) is 76.6 Å². The molecule has 9 nitrogen and oxygen atoms in total. The molecule has 0 unspecified atom stereocenters. The number of hydrazone groups is 1. The Hall–Kier alpha value is -3.34. The standard InChI is InChI=1S/C28H34N6O3S/c1-18-13-19(2)33(30-18)24-10-7-22-14-20(3)34(27(35)29-4)31-26(25(22)15-24)21-5-8-23(9-6-21)32-16-28(17-32)11-12-38(28,36)37/h5-10,13,15,20,36-37H,11-12,14,16-17H2,1-4H3,(H,29,35)/t20-/m1/s1. The second kappa shape index (κ2) is 8.86. The van der Waals surface area contributed by atoms with Gasteiger partial charge in [0.2, 0.25) is 0 Å². The van der Waals surface area contributed by atoms with Crippen LogP contribution in [0.25, 0.3) is 5.69 Å². The van der Waals surface area contributed by atoms with Gasteiger partial charge >= 0.3 is 6.03 Å². The van der Waals surface area contributed by atoms with E-state index in [9.17, 15) is 13.9 Å². The molecule has 200 valence electrons. The number of aryl methyl sites for hydroxylation is 2. The van der Waals surface area contributed by atoms with Crippen LogP contribution in [0.5, 0.6) is 0 Å². The lowest BCUT2D eigenvalue weighted by molar-refractivity contribution is 0.184. The van der Waals surface area contributed by atoms with E-state index >= 15 is 0 Å². The molecule has 1 spiro atoms. The summed E-state index contributed by atoms with van der Waals surface area (Å²) in [7, 11) is -0.831. The topological polar surface area (TPSA) is 106 Å². The highest BCUT2D eigenvalue weighted by Crippen LogP contribution is 2.67. The Kier molecular flexibility index (Phi) is 5.82. The van der Waals surface area contributed by atoms with Crippen molar-refractivity contribution < 1.29 is 13.9 Å². The summed E-state index contributed by atoms with van der Waals surface area (Å²) in [5.74, 6) is 0.527. The second-order valence-electron chi connectivity index (χ2n) is 10.8. The van der Waals surface area contributed by atoms with Crippen LogP contribution >= 0.6 is 10.6 Å². The van der Waals surface area contributed by atoms with E-state index in [0.717, 1.165) is 51.6 Å². The molecule has 3 aromatic rings. The van der Waals surface area contributed by atoms with Gasteiger partial charge < -0.3 is 10.2 Å². The molecule has 1 atom stereocenters. The fourth-order valence-corrected chi connectivity index (χ4v) is 7.70. The van der Waals surface area contributed by atoms with Crippen molar-refractivity contribution in [2.75, 3.05) is 30.8 Å². The third-order valence-electron chi connectivity index (χ3n) is 8.16. The van der Waals surface area contributed by atoms with E-state index in [1.165, 1.54) is 5.01 Å². The summed E-state index contributed by atoms with van der Waals surface area (Å²) in [6.07, 6.45) is 1.55. The molecule has 10 heteroatoms. The Morgan fingerprint density at radius 2 is 1.79 bits per heavy atom. The van der Waals surface area contributed by atoms with Gasteiger partial charge in [-0.3, -0.25) is 9.11 Å². The molecule has 6 rings (SSSR count). The lowest BCUT2D eigenvalue weighted by atomic mass is 9.92. The number of carbonyl (C=O) groups is 1. The van der Waals surface area contributed by atoms with E-state index in [4.69, 9.17) is 5.10 Å². The van der Waals surface area contributed by atoms with Crippen molar-refractivity contribution in [2.24, 2.45) is 5.10 Å². The number of hydrogen-bond acceptors (Lipinski definition) is 6. The first-order chi connectivity index (χ1) is 18.1. The maximum Gasteiger partial charge on any atom is 0.337 e. The van der Waals surface area contributed by atoms with Gasteiger partial charge in [-0.2, -0.15) is 20.8 Å². The summed E-state index contributed by atoms with van der Waals surface area (Å²) in [4.78, 5) is 15.0. The number of carbonyl (C=O) groups excluding carboxylic acids is 1. The molecule has 3 aliphatic rings. The number of aromatic nitrogens is 2. The van der Waals surface area contributed by atoms with E-state index in [1.54, 1.807) is 7.05 Å². The van der Waals surface area contributed by atoms with Gasteiger partial charge in [-0.05, 0) is 69.5 Å². The molecule has 1 aromatic heterocycles. The summed E-state index contributed by atoms with van der Waals surface area (Å²) in [5.41, 5.74) is 7.74. The molecule has 3 aliphatic heterocycles. The van der Waals surface area contributed by atoms with Crippen LogP contribution in [-0.2, 0) is 6.42 Å². The number of benzene rings is 2. The van der Waals surface area contributed by atoms with E-state index in [-0.39, 0.29) is 16.8 Å². The maximum absolute atomic E-state index is 12.8. The van der Waals surface area contributed by atoms with Gasteiger partial charge in [0.05, 0.1) is 27.9 Å². The smallest absolute Gasteiger partial charge is 0.337 e. The minimum atomic E-state index is -2.45. The fourth-order valence-electron chi connectivity index (χ4n) is 5.82. The number of nitrogens with zero attached hydrogens (tertiary/aromatic N) is 5. The van der Waals surface area contributed by atoms with Crippen LogP contribution in [0.3, 0.4) is 0 Å². The number of hydrogen-bond donors (Lipinski definition) is 3. The third-order valence-corrected chi connectivity index (χ3v) is 10.8. The predicted molar refractivity (Wildman–Crippen MR) is 152 cm³/mol. The SMILES string of the molecule is CNC(=O)N1N=C(c2ccc(N3CC4(CCS4(O)O)C3)cc2)c2cc(-n3nc(C)cc3C)ccc2C[C@H]1C. The zero-order valence-corrected chi connectivity index (χ0v) is 23.0. The van der Waals surface area contributed by atoms with Gasteiger partial charge in [0.15, 0.2) is 0 Å². The van der Waals surface area contributed by atoms with Crippen molar-refractivity contribution in [1.29, 1.82) is 0 Å². The monoisotopic (exact) mass is 534 g/mol. The lowest BCUT2D eigenvalue weighted by Crippen LogP contribution is -2.69. The summed E-state index contributed by atoms with van der Waals surface area (Å²) >= 11 is 0. The molecule has 0 bridgehead atoms. The van der Waals surface area contributed by atoms with Crippen molar-refractivity contribution in [1.82, 2.24) is 20.1 Å². The van der Waals surface area contributed by atoms with Crippen molar-refractivity contribution in [3.63, 3.8) is 0 Å². The van der Waals surface area contributed by atoms with Gasteiger partial charge in [-0.25, -0.2) is 14.5 Å². The molecule has 2 fully saturated rings. The van der Waals surface area contributed by atoms with Crippen LogP contribution in [0.1, 0.15) is 41.4 Å². The van der Waals surface area contributed by atoms with Crippen molar-refractivity contribution >= 4 is 28.0 Å². The Bertz CT molecular complexity index is 1440. The highest BCUT2D eigenvalue weighted by molar-refractivity contribution is 8.26. The minimum Gasteiger partial charge on any atom is -0.367 e. The number of anilines is 1. The van der Waals surface area contributed by atoms with Gasteiger partial charge in [0, 0.05) is 48.4 Å². The maximum atomic E-state index is 12.8. The average molecular weight is 535 g/mol. The quantitative estimate of drug-likeness (QED) is 0.458. The Balaban J connectivity index is 1.38. The van der Waals surface area contributed by atoms with Crippen LogP contribution in [-0.4, -0.2) is 72.3 Å². The van der Waals surface area contributed by atoms with Crippen molar-refractivity contribution in [3.8, 4) is 5.69 Å². The van der Waals surface area contributed by atoms with E-state index in [0.29, 0.717) is 25.3 Å². The first-order valence-electron chi connectivity index (χ1n) is 13.0. The first-order valence-corrected chi connectivity index (χ1v) is 14.7. The summed E-state index contributed by atoms with van der Waals surface area (Å²) < 4.78 is 22.2. The molecular weight excluding hydrogens is 500 g/mol. The molecule has 0 radical (unpaired) electrons. The molecule has 2 aromatic carbocycles. The van der Waals surface area contributed by atoms with Crippen LogP contribution in [0, 0.1) is 13.8 Å². The van der Waals surface area contributed by atoms with Crippen molar-refractivity contribution in [2.45, 2.75) is 44.4 Å². The zero-order chi connectivity index (χ0) is 26.8. The lowest BCUT2D eigenvalue weighted by Gasteiger charge is -2.67. The van der Waals surface area contributed by atoms with Crippen LogP contribution < -0.4 is 10.2 Å². The Morgan fingerprint density at radius 3 is 2.37 bits per heavy atom. The molecular formula is C28H34N6O3S. The summed E-state index contributed by atoms with van der Waals surface area (Å²) in [6.45, 7) is 7.38. The molecule has 4 heterocycles. The van der Waals surface area contributed by atoms with Crippen LogP contribution in [0.15, 0.2) is 53.6 Å². The van der Waals surface area contributed by atoms with E-state index in [1.807, 2.05) is 37.6 Å². The summed E-state index contributed by atoms with van der Waals surface area (Å²) in [5, 5.41) is 13.8. The van der Waals surface area contributed by atoms with Gasteiger partial charge in [-0.1, -0.05) is 18.2 Å². The molecule has 0 saturated carbocycles. The highest BCUT2D eigenvalue weighted by atomic mass is 32.3. The predicted octanol–water partition coefficient (Wildman–Crippen LogP) is 4.54. The van der Waals surface area contributed by atoms with E-state index < -0.39 is 10.6 Å².